The fourth-order valence-corrected chi connectivity index (χ4v) is 0.564. The Balaban J connectivity index is 2.61. The highest BCUT2D eigenvalue weighted by molar-refractivity contribution is 6.45. The van der Waals surface area contributed by atoms with Gasteiger partial charge >= 0.3 is 11.8 Å². The minimum atomic E-state index is -0.708. The van der Waals surface area contributed by atoms with Crippen molar-refractivity contribution < 1.29 is 9.59 Å². The van der Waals surface area contributed by atoms with E-state index in [1.165, 1.54) is 0 Å². The molecule has 11 heavy (non-hydrogen) atoms. The summed E-state index contributed by atoms with van der Waals surface area (Å²) >= 11 is 0. The number of carbonyl (C=O) groups excluding carboxylic acids is 2. The van der Waals surface area contributed by atoms with Gasteiger partial charge in [0.05, 0.1) is 0 Å². The van der Waals surface area contributed by atoms with Gasteiger partial charge in [0.1, 0.15) is 6.54 Å². The lowest BCUT2D eigenvalue weighted by atomic mass is 10.6. The van der Waals surface area contributed by atoms with Crippen LogP contribution >= 0.6 is 0 Å². The fraction of sp³-hybridized carbons (Fsp3) is 0.167. The third kappa shape index (κ3) is 1.55. The normalized spacial score (nSPS) is 15.4. The molecule has 1 aliphatic rings. The minimum Gasteiger partial charge on any atom is -0.288 e. The Kier molecular flexibility index (Phi) is 1.88. The van der Waals surface area contributed by atoms with Crippen molar-refractivity contribution >= 4 is 17.8 Å². The van der Waals surface area contributed by atoms with Crippen LogP contribution in [-0.4, -0.2) is 24.3 Å². The number of aliphatic imine (C=N–C) groups is 1. The van der Waals surface area contributed by atoms with Crippen molar-refractivity contribution in [1.29, 1.82) is 0 Å². The standard InChI is InChI=1S/C6H5N3O2/c1-2-3-7-6-8-4(10)5(11)9-6/h1H,3H2,(H2,7,8,9,10,11). The molecule has 2 N–H and O–H groups in total. The molecule has 0 saturated carbocycles. The number of nitrogens with zero attached hydrogens (tertiary/aromatic N) is 1. The molecule has 5 heteroatoms. The quantitative estimate of drug-likeness (QED) is 0.343. The Bertz CT molecular complexity index is 256. The van der Waals surface area contributed by atoms with Crippen LogP contribution in [0.15, 0.2) is 4.99 Å². The van der Waals surface area contributed by atoms with Crippen LogP contribution in [0.4, 0.5) is 0 Å². The van der Waals surface area contributed by atoms with Crippen LogP contribution < -0.4 is 10.6 Å². The van der Waals surface area contributed by atoms with Crippen molar-refractivity contribution in [3.05, 3.63) is 0 Å². The van der Waals surface area contributed by atoms with E-state index < -0.39 is 11.8 Å². The molecule has 0 bridgehead atoms. The van der Waals surface area contributed by atoms with Gasteiger partial charge in [0, 0.05) is 0 Å². The molecule has 1 heterocycles. The summed E-state index contributed by atoms with van der Waals surface area (Å²) in [6.07, 6.45) is 4.89. The Labute approximate surface area is 62.9 Å². The number of guanidine groups is 1. The number of rotatable bonds is 1. The Morgan fingerprint density at radius 2 is 1.91 bits per heavy atom. The number of amides is 2. The summed E-state index contributed by atoms with van der Waals surface area (Å²) in [6.45, 7) is 0.135. The van der Waals surface area contributed by atoms with Gasteiger partial charge in [-0.3, -0.25) is 20.2 Å². The van der Waals surface area contributed by atoms with Gasteiger partial charge in [-0.2, -0.15) is 0 Å². The molecule has 2 amide bonds. The summed E-state index contributed by atoms with van der Waals surface area (Å²) in [4.78, 5) is 24.6. The third-order valence-corrected chi connectivity index (χ3v) is 0.999. The summed E-state index contributed by atoms with van der Waals surface area (Å²) in [5.74, 6) is 0.942. The first-order valence-electron chi connectivity index (χ1n) is 2.84. The van der Waals surface area contributed by atoms with Gasteiger partial charge in [-0.25, -0.2) is 4.99 Å². The van der Waals surface area contributed by atoms with Gasteiger partial charge in [0.2, 0.25) is 5.96 Å². The van der Waals surface area contributed by atoms with E-state index in [2.05, 4.69) is 21.5 Å². The highest BCUT2D eigenvalue weighted by Gasteiger charge is 2.24. The zero-order chi connectivity index (χ0) is 8.27. The van der Waals surface area contributed by atoms with Gasteiger partial charge in [0.25, 0.3) is 0 Å². The van der Waals surface area contributed by atoms with Gasteiger partial charge in [0.15, 0.2) is 0 Å². The third-order valence-electron chi connectivity index (χ3n) is 0.999. The molecule has 0 aromatic rings. The Morgan fingerprint density at radius 1 is 1.36 bits per heavy atom. The van der Waals surface area contributed by atoms with Crippen LogP contribution in [0.25, 0.3) is 0 Å². The van der Waals surface area contributed by atoms with Gasteiger partial charge in [-0.05, 0) is 0 Å². The summed E-state index contributed by atoms with van der Waals surface area (Å²) in [6, 6.07) is 0. The Morgan fingerprint density at radius 3 is 2.36 bits per heavy atom. The average Bonchev–Trinajstić information content (AvgIpc) is 2.28. The summed E-state index contributed by atoms with van der Waals surface area (Å²) in [7, 11) is 0. The van der Waals surface area contributed by atoms with Crippen molar-refractivity contribution in [2.24, 2.45) is 4.99 Å². The summed E-state index contributed by atoms with van der Waals surface area (Å²) in [5, 5.41) is 4.39. The molecule has 0 aromatic heterocycles. The highest BCUT2D eigenvalue weighted by atomic mass is 16.2. The maximum Gasteiger partial charge on any atom is 0.316 e. The number of hydrogen-bond acceptors (Lipinski definition) is 3. The average molecular weight is 151 g/mol. The topological polar surface area (TPSA) is 70.6 Å². The van der Waals surface area contributed by atoms with Crippen molar-refractivity contribution in [3.63, 3.8) is 0 Å². The molecule has 0 aliphatic carbocycles. The van der Waals surface area contributed by atoms with Crippen molar-refractivity contribution in [3.8, 4) is 12.3 Å². The maximum atomic E-state index is 10.5. The van der Waals surface area contributed by atoms with Crippen LogP contribution in [-0.2, 0) is 9.59 Å². The molecule has 0 radical (unpaired) electrons. The second kappa shape index (κ2) is 2.84. The number of terminal acetylenes is 1. The van der Waals surface area contributed by atoms with Gasteiger partial charge in [-0.1, -0.05) is 5.92 Å². The second-order valence-electron chi connectivity index (χ2n) is 1.78. The number of carbonyl (C=O) groups is 2. The lowest BCUT2D eigenvalue weighted by molar-refractivity contribution is -0.135. The van der Waals surface area contributed by atoms with Crippen molar-refractivity contribution in [2.75, 3.05) is 6.54 Å². The van der Waals surface area contributed by atoms with Crippen molar-refractivity contribution in [1.82, 2.24) is 10.6 Å². The lowest BCUT2D eigenvalue weighted by Gasteiger charge is -1.90. The van der Waals surface area contributed by atoms with Crippen LogP contribution in [0.5, 0.6) is 0 Å². The lowest BCUT2D eigenvalue weighted by Crippen LogP contribution is -2.25. The first-order chi connectivity index (χ1) is 5.24. The number of hydrogen-bond donors (Lipinski definition) is 2. The van der Waals surface area contributed by atoms with Crippen LogP contribution in [0, 0.1) is 12.3 Å². The van der Waals surface area contributed by atoms with E-state index in [0.717, 1.165) is 0 Å². The van der Waals surface area contributed by atoms with Gasteiger partial charge < -0.3 is 0 Å². The van der Waals surface area contributed by atoms with E-state index in [4.69, 9.17) is 6.42 Å². The Hall–Kier alpha value is -1.83. The predicted molar refractivity (Wildman–Crippen MR) is 37.4 cm³/mol. The molecule has 0 atom stereocenters. The largest absolute Gasteiger partial charge is 0.316 e. The summed E-state index contributed by atoms with van der Waals surface area (Å²) in [5.41, 5.74) is 0. The zero-order valence-corrected chi connectivity index (χ0v) is 5.55. The zero-order valence-electron chi connectivity index (χ0n) is 5.55. The molecule has 0 spiro atoms. The molecule has 1 rings (SSSR count). The van der Waals surface area contributed by atoms with E-state index in [9.17, 15) is 9.59 Å². The van der Waals surface area contributed by atoms with E-state index in [1.807, 2.05) is 0 Å². The monoisotopic (exact) mass is 151 g/mol. The number of nitrogens with one attached hydrogen (secondary N) is 2. The molecular weight excluding hydrogens is 146 g/mol. The smallest absolute Gasteiger partial charge is 0.288 e. The fourth-order valence-electron chi connectivity index (χ4n) is 0.564. The minimum absolute atomic E-state index is 0.123. The first kappa shape index (κ1) is 7.28. The summed E-state index contributed by atoms with van der Waals surface area (Å²) < 4.78 is 0. The van der Waals surface area contributed by atoms with Gasteiger partial charge in [-0.15, -0.1) is 6.42 Å². The molecule has 1 fully saturated rings. The van der Waals surface area contributed by atoms with Crippen LogP contribution in [0.3, 0.4) is 0 Å². The van der Waals surface area contributed by atoms with E-state index >= 15 is 0 Å². The van der Waals surface area contributed by atoms with E-state index in [1.54, 1.807) is 0 Å². The van der Waals surface area contributed by atoms with E-state index in [0.29, 0.717) is 0 Å². The van der Waals surface area contributed by atoms with Crippen LogP contribution in [0.2, 0.25) is 0 Å². The molecule has 1 saturated heterocycles. The van der Waals surface area contributed by atoms with Crippen molar-refractivity contribution in [2.45, 2.75) is 0 Å². The molecule has 1 aliphatic heterocycles. The second-order valence-corrected chi connectivity index (χ2v) is 1.78. The SMILES string of the molecule is C#CCN=C1NC(=O)C(=O)N1. The highest BCUT2D eigenvalue weighted by Crippen LogP contribution is 1.81. The molecule has 56 valence electrons. The van der Waals surface area contributed by atoms with E-state index in [-0.39, 0.29) is 12.5 Å². The predicted octanol–water partition coefficient (Wildman–Crippen LogP) is -1.78. The molecule has 0 unspecified atom stereocenters. The van der Waals surface area contributed by atoms with Crippen LogP contribution in [0.1, 0.15) is 0 Å². The molecular formula is C6H5N3O2. The first-order valence-corrected chi connectivity index (χ1v) is 2.84. The maximum absolute atomic E-state index is 10.5. The molecule has 0 aromatic carbocycles. The molecule has 5 nitrogen and oxygen atoms in total.